The summed E-state index contributed by atoms with van der Waals surface area (Å²) in [4.78, 5) is 28.5. The van der Waals surface area contributed by atoms with E-state index < -0.39 is 0 Å². The van der Waals surface area contributed by atoms with Gasteiger partial charge in [-0.3, -0.25) is 4.79 Å². The summed E-state index contributed by atoms with van der Waals surface area (Å²) >= 11 is 0. The molecule has 27 heavy (non-hydrogen) atoms. The summed E-state index contributed by atoms with van der Waals surface area (Å²) in [6.45, 7) is 10.2. The van der Waals surface area contributed by atoms with Crippen molar-refractivity contribution < 1.29 is 4.79 Å². The van der Waals surface area contributed by atoms with Gasteiger partial charge in [0.05, 0.1) is 6.54 Å². The SMILES string of the molecule is Cc1cc(C)nc(-c2nc3c(c(N(C)CC(=O)NC(C)(C)C)n2)CCC3)c1. The number of aryl methyl sites for hydroxylation is 3. The van der Waals surface area contributed by atoms with Crippen LogP contribution in [0.15, 0.2) is 12.1 Å². The predicted molar refractivity (Wildman–Crippen MR) is 108 cm³/mol. The lowest BCUT2D eigenvalue weighted by Crippen LogP contribution is -2.45. The highest BCUT2D eigenvalue weighted by Crippen LogP contribution is 2.30. The van der Waals surface area contributed by atoms with Gasteiger partial charge < -0.3 is 10.2 Å². The van der Waals surface area contributed by atoms with Gasteiger partial charge in [0.25, 0.3) is 0 Å². The van der Waals surface area contributed by atoms with E-state index in [1.807, 2.05) is 51.8 Å². The first-order valence-corrected chi connectivity index (χ1v) is 9.50. The van der Waals surface area contributed by atoms with Gasteiger partial charge in [-0.25, -0.2) is 15.0 Å². The summed E-state index contributed by atoms with van der Waals surface area (Å²) in [5, 5.41) is 3.01. The minimum atomic E-state index is -0.250. The Labute approximate surface area is 161 Å². The average molecular weight is 367 g/mol. The Morgan fingerprint density at radius 2 is 1.89 bits per heavy atom. The van der Waals surface area contributed by atoms with Crippen LogP contribution in [0.1, 0.15) is 49.7 Å². The maximum atomic E-state index is 12.4. The Kier molecular flexibility index (Phi) is 5.18. The molecule has 0 fully saturated rings. The number of nitrogens with zero attached hydrogens (tertiary/aromatic N) is 4. The zero-order valence-corrected chi connectivity index (χ0v) is 17.2. The van der Waals surface area contributed by atoms with Crippen LogP contribution in [0.3, 0.4) is 0 Å². The number of hydrogen-bond acceptors (Lipinski definition) is 5. The molecule has 1 aliphatic rings. The van der Waals surface area contributed by atoms with Gasteiger partial charge in [0.1, 0.15) is 11.5 Å². The molecule has 6 heteroatoms. The monoisotopic (exact) mass is 367 g/mol. The van der Waals surface area contributed by atoms with Gasteiger partial charge in [-0.05, 0) is 71.6 Å². The molecule has 1 N–H and O–H groups in total. The Morgan fingerprint density at radius 3 is 2.56 bits per heavy atom. The molecule has 0 saturated carbocycles. The van der Waals surface area contributed by atoms with Gasteiger partial charge in [-0.2, -0.15) is 0 Å². The maximum Gasteiger partial charge on any atom is 0.239 e. The second-order valence-electron chi connectivity index (χ2n) is 8.47. The van der Waals surface area contributed by atoms with Gasteiger partial charge in [-0.1, -0.05) is 0 Å². The Balaban J connectivity index is 1.95. The molecule has 1 aliphatic carbocycles. The molecule has 6 nitrogen and oxygen atoms in total. The fourth-order valence-corrected chi connectivity index (χ4v) is 3.55. The van der Waals surface area contributed by atoms with Crippen molar-refractivity contribution >= 4 is 11.7 Å². The molecular formula is C21H29N5O. The van der Waals surface area contributed by atoms with Crippen LogP contribution >= 0.6 is 0 Å². The number of pyridine rings is 1. The number of nitrogens with one attached hydrogen (secondary N) is 1. The van der Waals surface area contributed by atoms with Gasteiger partial charge in [0, 0.05) is 29.5 Å². The van der Waals surface area contributed by atoms with E-state index in [9.17, 15) is 4.79 Å². The maximum absolute atomic E-state index is 12.4. The number of likely N-dealkylation sites (N-methyl/N-ethyl adjacent to an activating group) is 1. The third kappa shape index (κ3) is 4.62. The van der Waals surface area contributed by atoms with Gasteiger partial charge in [-0.15, -0.1) is 0 Å². The van der Waals surface area contributed by atoms with Crippen LogP contribution in [-0.2, 0) is 17.6 Å². The fourth-order valence-electron chi connectivity index (χ4n) is 3.55. The Morgan fingerprint density at radius 1 is 1.15 bits per heavy atom. The standard InChI is InChI=1S/C21H29N5O/c1-13-10-14(2)22-17(11-13)19-23-16-9-7-8-15(16)20(24-19)26(6)12-18(27)25-21(3,4)5/h10-11H,7-9,12H2,1-6H3,(H,25,27). The highest BCUT2D eigenvalue weighted by atomic mass is 16.2. The highest BCUT2D eigenvalue weighted by molar-refractivity contribution is 5.82. The first-order valence-electron chi connectivity index (χ1n) is 9.50. The molecule has 0 atom stereocenters. The van der Waals surface area contributed by atoms with E-state index in [0.29, 0.717) is 5.82 Å². The Bertz CT molecular complexity index is 849. The van der Waals surface area contributed by atoms with Crippen molar-refractivity contribution in [2.75, 3.05) is 18.5 Å². The zero-order chi connectivity index (χ0) is 19.8. The van der Waals surface area contributed by atoms with E-state index in [1.165, 1.54) is 0 Å². The van der Waals surface area contributed by atoms with Crippen molar-refractivity contribution in [2.45, 2.75) is 59.4 Å². The lowest BCUT2D eigenvalue weighted by molar-refractivity contribution is -0.121. The number of hydrogen-bond donors (Lipinski definition) is 1. The first-order chi connectivity index (χ1) is 12.6. The van der Waals surface area contributed by atoms with Gasteiger partial charge in [0.15, 0.2) is 5.82 Å². The topological polar surface area (TPSA) is 71.0 Å². The van der Waals surface area contributed by atoms with E-state index in [2.05, 4.69) is 17.2 Å². The molecule has 0 unspecified atom stereocenters. The molecule has 2 aromatic rings. The van der Waals surface area contributed by atoms with Crippen molar-refractivity contribution in [3.8, 4) is 11.5 Å². The molecule has 2 heterocycles. The number of carbonyl (C=O) groups is 1. The predicted octanol–water partition coefficient (Wildman–Crippen LogP) is 3.00. The van der Waals surface area contributed by atoms with Crippen LogP contribution in [0.2, 0.25) is 0 Å². The van der Waals surface area contributed by atoms with E-state index >= 15 is 0 Å². The van der Waals surface area contributed by atoms with Crippen LogP contribution in [-0.4, -0.2) is 40.0 Å². The molecule has 0 saturated heterocycles. The number of aromatic nitrogens is 3. The van der Waals surface area contributed by atoms with Gasteiger partial charge in [0.2, 0.25) is 5.91 Å². The minimum Gasteiger partial charge on any atom is -0.350 e. The van der Waals surface area contributed by atoms with Crippen molar-refractivity contribution in [1.29, 1.82) is 0 Å². The molecule has 0 bridgehead atoms. The minimum absolute atomic E-state index is 0.0126. The van der Waals surface area contributed by atoms with E-state index in [0.717, 1.165) is 53.3 Å². The van der Waals surface area contributed by atoms with Crippen molar-refractivity contribution in [3.05, 3.63) is 34.6 Å². The molecule has 3 rings (SSSR count). The van der Waals surface area contributed by atoms with E-state index in [4.69, 9.17) is 9.97 Å². The highest BCUT2D eigenvalue weighted by Gasteiger charge is 2.24. The third-order valence-electron chi connectivity index (χ3n) is 4.49. The Hall–Kier alpha value is -2.50. The molecule has 2 aromatic heterocycles. The smallest absolute Gasteiger partial charge is 0.239 e. The van der Waals surface area contributed by atoms with E-state index in [-0.39, 0.29) is 18.0 Å². The number of amides is 1. The summed E-state index contributed by atoms with van der Waals surface area (Å²) in [5.41, 5.74) is 4.87. The fraction of sp³-hybridized carbons (Fsp3) is 0.524. The summed E-state index contributed by atoms with van der Waals surface area (Å²) in [6, 6.07) is 4.06. The molecule has 0 radical (unpaired) electrons. The summed E-state index contributed by atoms with van der Waals surface area (Å²) in [5.74, 6) is 1.47. The number of anilines is 1. The van der Waals surface area contributed by atoms with Crippen LogP contribution in [0.4, 0.5) is 5.82 Å². The average Bonchev–Trinajstić information content (AvgIpc) is 2.99. The van der Waals surface area contributed by atoms with Crippen LogP contribution < -0.4 is 10.2 Å². The lowest BCUT2D eigenvalue weighted by Gasteiger charge is -2.25. The van der Waals surface area contributed by atoms with Crippen molar-refractivity contribution in [1.82, 2.24) is 20.3 Å². The molecule has 0 spiro atoms. The van der Waals surface area contributed by atoms with Crippen molar-refractivity contribution in [2.24, 2.45) is 0 Å². The van der Waals surface area contributed by atoms with Crippen LogP contribution in [0.5, 0.6) is 0 Å². The first kappa shape index (κ1) is 19.3. The molecule has 0 aromatic carbocycles. The van der Waals surface area contributed by atoms with Crippen molar-refractivity contribution in [3.63, 3.8) is 0 Å². The van der Waals surface area contributed by atoms with Crippen LogP contribution in [0, 0.1) is 13.8 Å². The van der Waals surface area contributed by atoms with Crippen LogP contribution in [0.25, 0.3) is 11.5 Å². The molecular weight excluding hydrogens is 338 g/mol. The second kappa shape index (κ2) is 7.25. The van der Waals surface area contributed by atoms with E-state index in [1.54, 1.807) is 0 Å². The molecule has 0 aliphatic heterocycles. The quantitative estimate of drug-likeness (QED) is 0.899. The van der Waals surface area contributed by atoms with Gasteiger partial charge >= 0.3 is 0 Å². The summed E-state index contributed by atoms with van der Waals surface area (Å²) < 4.78 is 0. The largest absolute Gasteiger partial charge is 0.350 e. The normalized spacial score (nSPS) is 13.4. The molecule has 144 valence electrons. The lowest BCUT2D eigenvalue weighted by atomic mass is 10.1. The second-order valence-corrected chi connectivity index (χ2v) is 8.47. The zero-order valence-electron chi connectivity index (χ0n) is 17.2. The number of fused-ring (bicyclic) bond motifs is 1. The summed E-state index contributed by atoms with van der Waals surface area (Å²) in [6.07, 6.45) is 2.98. The summed E-state index contributed by atoms with van der Waals surface area (Å²) in [7, 11) is 1.92. The number of rotatable bonds is 4. The third-order valence-corrected chi connectivity index (χ3v) is 4.49. The number of carbonyl (C=O) groups excluding carboxylic acids is 1. The molecule has 1 amide bonds.